The molecule has 3 heterocycles. The molecule has 1 aliphatic heterocycles. The minimum Gasteiger partial charge on any atom is -0.369 e. The van der Waals surface area contributed by atoms with Gasteiger partial charge in [-0.1, -0.05) is 18.2 Å². The number of benzene rings is 1. The number of nitrogens with one attached hydrogen (secondary N) is 3. The van der Waals surface area contributed by atoms with Crippen LogP contribution >= 0.6 is 15.6 Å². The van der Waals surface area contributed by atoms with Crippen molar-refractivity contribution in [3.05, 3.63) is 46.2 Å². The van der Waals surface area contributed by atoms with Crippen LogP contribution in [0.1, 0.15) is 23.0 Å². The summed E-state index contributed by atoms with van der Waals surface area (Å²) in [5.41, 5.74) is 5.50. The molecule has 1 fully saturated rings. The number of nitrogens with zero attached hydrogens (tertiary/aromatic N) is 3. The summed E-state index contributed by atoms with van der Waals surface area (Å²) in [6, 6.07) is 8.59. The normalized spacial score (nSPS) is 21.8. The molecule has 0 bridgehead atoms. The summed E-state index contributed by atoms with van der Waals surface area (Å²) in [6.07, 6.45) is -3.56. The van der Waals surface area contributed by atoms with Gasteiger partial charge in [0.2, 0.25) is 11.9 Å². The number of nitrogens with two attached hydrogens (primary N) is 1. The van der Waals surface area contributed by atoms with Crippen molar-refractivity contribution in [2.75, 3.05) is 45.0 Å². The first-order valence-electron chi connectivity index (χ1n) is 12.0. The molecule has 41 heavy (non-hydrogen) atoms. The Kier molecular flexibility index (Phi) is 9.59. The fourth-order valence-corrected chi connectivity index (χ4v) is 5.08. The summed E-state index contributed by atoms with van der Waals surface area (Å²) in [5.74, 6) is -0.416. The second-order valence-corrected chi connectivity index (χ2v) is 11.7. The van der Waals surface area contributed by atoms with Gasteiger partial charge in [-0.15, -0.1) is 0 Å². The number of phosphoric acid groups is 2. The molecule has 2 aromatic heterocycles. The van der Waals surface area contributed by atoms with Crippen LogP contribution in [-0.4, -0.2) is 81.3 Å². The van der Waals surface area contributed by atoms with Crippen molar-refractivity contribution >= 4 is 44.6 Å². The molecule has 5 atom stereocenters. The SMILES string of the molecule is COP(=O)(O)OC[C@H]1O[C@@H](n2c(NCCNC(=O)c3ccccc3)nc3c(=O)[nH]c(N)nc32)CC1OP(=O)(O)OC. The number of rotatable bonds is 13. The number of hydrogen-bond donors (Lipinski definition) is 6. The van der Waals surface area contributed by atoms with Crippen LogP contribution < -0.4 is 21.9 Å². The second kappa shape index (κ2) is 12.8. The van der Waals surface area contributed by atoms with Crippen LogP contribution in [0.25, 0.3) is 11.2 Å². The lowest BCUT2D eigenvalue weighted by atomic mass is 10.2. The number of carbonyl (C=O) groups is 1. The maximum absolute atomic E-state index is 12.6. The Hall–Kier alpha value is -3.18. The van der Waals surface area contributed by atoms with Gasteiger partial charge < -0.3 is 30.9 Å². The maximum Gasteiger partial charge on any atom is 0.472 e. The summed E-state index contributed by atoms with van der Waals surface area (Å²) >= 11 is 0. The Balaban J connectivity index is 1.59. The highest BCUT2D eigenvalue weighted by Gasteiger charge is 2.44. The maximum atomic E-state index is 12.6. The second-order valence-electron chi connectivity index (χ2n) is 8.58. The third kappa shape index (κ3) is 7.56. The van der Waals surface area contributed by atoms with E-state index in [1.165, 1.54) is 4.57 Å². The van der Waals surface area contributed by atoms with E-state index in [1.54, 1.807) is 30.3 Å². The third-order valence-electron chi connectivity index (χ3n) is 5.90. The van der Waals surface area contributed by atoms with Crippen molar-refractivity contribution in [2.45, 2.75) is 24.9 Å². The number of carbonyl (C=O) groups excluding carboxylic acids is 1. The summed E-state index contributed by atoms with van der Waals surface area (Å²) < 4.78 is 50.4. The Morgan fingerprint density at radius 3 is 2.56 bits per heavy atom. The molecule has 0 spiro atoms. The Morgan fingerprint density at radius 2 is 1.88 bits per heavy atom. The third-order valence-corrected chi connectivity index (χ3v) is 7.83. The molecule has 0 aliphatic carbocycles. The summed E-state index contributed by atoms with van der Waals surface area (Å²) in [4.78, 5) is 55.3. The number of anilines is 2. The molecule has 4 rings (SSSR count). The smallest absolute Gasteiger partial charge is 0.369 e. The van der Waals surface area contributed by atoms with Crippen LogP contribution in [0.3, 0.4) is 0 Å². The number of aromatic nitrogens is 4. The van der Waals surface area contributed by atoms with Gasteiger partial charge in [0, 0.05) is 39.3 Å². The number of hydrogen-bond acceptors (Lipinski definition) is 13. The zero-order valence-electron chi connectivity index (χ0n) is 21.8. The number of fused-ring (bicyclic) bond motifs is 1. The Labute approximate surface area is 232 Å². The molecule has 3 aromatic rings. The van der Waals surface area contributed by atoms with Crippen LogP contribution in [0.5, 0.6) is 0 Å². The lowest BCUT2D eigenvalue weighted by Crippen LogP contribution is -2.29. The van der Waals surface area contributed by atoms with Crippen molar-refractivity contribution in [1.82, 2.24) is 24.8 Å². The van der Waals surface area contributed by atoms with Crippen molar-refractivity contribution in [3.8, 4) is 0 Å². The van der Waals surface area contributed by atoms with Crippen molar-refractivity contribution < 1.29 is 46.5 Å². The first-order valence-corrected chi connectivity index (χ1v) is 15.0. The van der Waals surface area contributed by atoms with Gasteiger partial charge in [0.15, 0.2) is 11.2 Å². The van der Waals surface area contributed by atoms with Gasteiger partial charge in [0.1, 0.15) is 18.4 Å². The summed E-state index contributed by atoms with van der Waals surface area (Å²) in [5, 5.41) is 5.76. The monoisotopic (exact) mass is 617 g/mol. The minimum absolute atomic E-state index is 0.0102. The van der Waals surface area contributed by atoms with E-state index in [0.29, 0.717) is 5.56 Å². The number of imidazole rings is 1. The van der Waals surface area contributed by atoms with E-state index in [9.17, 15) is 28.5 Å². The van der Waals surface area contributed by atoms with E-state index < -0.39 is 46.2 Å². The predicted molar refractivity (Wildman–Crippen MR) is 143 cm³/mol. The lowest BCUT2D eigenvalue weighted by molar-refractivity contribution is -0.0424. The zero-order chi connectivity index (χ0) is 29.8. The highest BCUT2D eigenvalue weighted by molar-refractivity contribution is 7.47. The van der Waals surface area contributed by atoms with Crippen molar-refractivity contribution in [1.29, 1.82) is 0 Å². The van der Waals surface area contributed by atoms with Crippen molar-refractivity contribution in [2.24, 2.45) is 0 Å². The Bertz CT molecular complexity index is 1530. The first kappa shape index (κ1) is 30.8. The van der Waals surface area contributed by atoms with Gasteiger partial charge >= 0.3 is 15.6 Å². The molecule has 1 aliphatic rings. The predicted octanol–water partition coefficient (Wildman–Crippen LogP) is 0.727. The summed E-state index contributed by atoms with van der Waals surface area (Å²) in [6.45, 7) is -0.254. The average Bonchev–Trinajstić information content (AvgIpc) is 3.50. The number of aromatic amines is 1. The molecule has 18 nitrogen and oxygen atoms in total. The van der Waals surface area contributed by atoms with E-state index in [4.69, 9.17) is 19.5 Å². The van der Waals surface area contributed by atoms with Crippen LogP contribution in [0.4, 0.5) is 11.9 Å². The highest BCUT2D eigenvalue weighted by atomic mass is 31.2. The van der Waals surface area contributed by atoms with Crippen LogP contribution in [0.15, 0.2) is 35.1 Å². The van der Waals surface area contributed by atoms with Gasteiger partial charge in [-0.2, -0.15) is 4.98 Å². The molecule has 0 saturated carbocycles. The Morgan fingerprint density at radius 1 is 1.17 bits per heavy atom. The molecular weight excluding hydrogens is 588 g/mol. The van der Waals surface area contributed by atoms with Crippen LogP contribution in [0.2, 0.25) is 0 Å². The van der Waals surface area contributed by atoms with Gasteiger partial charge in [-0.25, -0.2) is 14.1 Å². The quantitative estimate of drug-likeness (QED) is 0.114. The molecule has 0 radical (unpaired) electrons. The van der Waals surface area contributed by atoms with E-state index in [1.807, 2.05) is 0 Å². The number of nitrogen functional groups attached to an aromatic ring is 1. The molecule has 7 N–H and O–H groups in total. The molecule has 1 aromatic carbocycles. The van der Waals surface area contributed by atoms with Crippen LogP contribution in [-0.2, 0) is 32.0 Å². The number of H-pyrrole nitrogens is 1. The molecular formula is C21H29N7O11P2. The standard InChI is InChI=1S/C21H29N7O11P2/c1-35-40(31,32)37-11-14-13(39-41(33,34)36-2)10-15(38-14)28-17-16(19(30)27-20(22)26-17)25-21(28)24-9-8-23-18(29)12-6-4-3-5-7-12/h3-7,13-15H,8-11H2,1-2H3,(H,23,29)(H,24,25)(H,31,32)(H,33,34)(H3,22,26,27,30)/t13?,14-,15-/m1/s1. The fourth-order valence-electron chi connectivity index (χ4n) is 3.99. The summed E-state index contributed by atoms with van der Waals surface area (Å²) in [7, 11) is -7.05. The van der Waals surface area contributed by atoms with E-state index >= 15 is 0 Å². The van der Waals surface area contributed by atoms with Gasteiger partial charge in [-0.3, -0.25) is 37.2 Å². The van der Waals surface area contributed by atoms with E-state index in [0.717, 1.165) is 14.2 Å². The zero-order valence-corrected chi connectivity index (χ0v) is 23.6. The van der Waals surface area contributed by atoms with Gasteiger partial charge in [-0.05, 0) is 12.1 Å². The molecule has 3 unspecified atom stereocenters. The van der Waals surface area contributed by atoms with Gasteiger partial charge in [0.25, 0.3) is 11.5 Å². The molecule has 224 valence electrons. The molecule has 1 amide bonds. The van der Waals surface area contributed by atoms with Crippen LogP contribution in [0, 0.1) is 0 Å². The van der Waals surface area contributed by atoms with Gasteiger partial charge in [0.05, 0.1) is 6.61 Å². The number of amides is 1. The fraction of sp³-hybridized carbons (Fsp3) is 0.429. The van der Waals surface area contributed by atoms with Crippen molar-refractivity contribution in [3.63, 3.8) is 0 Å². The molecule has 20 heteroatoms. The van der Waals surface area contributed by atoms with E-state index in [2.05, 4.69) is 34.6 Å². The number of phosphoric ester groups is 2. The lowest BCUT2D eigenvalue weighted by Gasteiger charge is -2.21. The largest absolute Gasteiger partial charge is 0.472 e. The minimum atomic E-state index is -4.54. The highest BCUT2D eigenvalue weighted by Crippen LogP contribution is 2.49. The molecule has 1 saturated heterocycles. The average molecular weight is 617 g/mol. The van der Waals surface area contributed by atoms with E-state index in [-0.39, 0.29) is 48.5 Å². The topological polar surface area (TPSA) is 251 Å². The number of ether oxygens (including phenoxy) is 1. The first-order chi connectivity index (χ1) is 19.4.